The second-order valence-corrected chi connectivity index (χ2v) is 7.14. The molecule has 23 heavy (non-hydrogen) atoms. The van der Waals surface area contributed by atoms with Gasteiger partial charge >= 0.3 is 0 Å². The Bertz CT molecular complexity index is 687. The summed E-state index contributed by atoms with van der Waals surface area (Å²) in [6.45, 7) is 2.69. The molecule has 0 bridgehead atoms. The SMILES string of the molecule is CCOc1ccccc1C(=O)NCC(=O)NCc1ccc(Br)s1. The van der Waals surface area contributed by atoms with Crippen LogP contribution in [-0.2, 0) is 11.3 Å². The molecule has 2 rings (SSSR count). The van der Waals surface area contributed by atoms with Crippen molar-refractivity contribution in [1.29, 1.82) is 0 Å². The van der Waals surface area contributed by atoms with Gasteiger partial charge in [0.2, 0.25) is 5.91 Å². The number of hydrogen-bond acceptors (Lipinski definition) is 4. The Labute approximate surface area is 147 Å². The number of amides is 2. The van der Waals surface area contributed by atoms with E-state index in [-0.39, 0.29) is 18.4 Å². The summed E-state index contributed by atoms with van der Waals surface area (Å²) in [5.74, 6) is -0.0591. The Morgan fingerprint density at radius 1 is 1.17 bits per heavy atom. The minimum absolute atomic E-state index is 0.0775. The van der Waals surface area contributed by atoms with Crippen molar-refractivity contribution in [1.82, 2.24) is 10.6 Å². The fourth-order valence-electron chi connectivity index (χ4n) is 1.89. The van der Waals surface area contributed by atoms with Crippen molar-refractivity contribution >= 4 is 39.1 Å². The number of rotatable bonds is 7. The molecule has 122 valence electrons. The lowest BCUT2D eigenvalue weighted by atomic mass is 10.2. The van der Waals surface area contributed by atoms with Crippen LogP contribution in [0, 0.1) is 0 Å². The molecule has 0 radical (unpaired) electrons. The first-order valence-corrected chi connectivity index (χ1v) is 8.72. The van der Waals surface area contributed by atoms with E-state index in [1.54, 1.807) is 35.6 Å². The van der Waals surface area contributed by atoms with E-state index in [0.29, 0.717) is 24.5 Å². The summed E-state index contributed by atoms with van der Waals surface area (Å²) in [4.78, 5) is 25.0. The normalized spacial score (nSPS) is 10.2. The zero-order chi connectivity index (χ0) is 16.7. The van der Waals surface area contributed by atoms with Crippen molar-refractivity contribution in [2.75, 3.05) is 13.2 Å². The summed E-state index contributed by atoms with van der Waals surface area (Å²) >= 11 is 4.93. The molecule has 0 fully saturated rings. The first kappa shape index (κ1) is 17.5. The van der Waals surface area contributed by atoms with Crippen LogP contribution in [0.15, 0.2) is 40.2 Å². The summed E-state index contributed by atoms with van der Waals surface area (Å²) in [7, 11) is 0. The van der Waals surface area contributed by atoms with Crippen molar-refractivity contribution in [2.45, 2.75) is 13.5 Å². The molecule has 0 saturated heterocycles. The first-order chi connectivity index (χ1) is 11.1. The number of thiophene rings is 1. The third-order valence-corrected chi connectivity index (χ3v) is 4.55. The first-order valence-electron chi connectivity index (χ1n) is 7.11. The minimum atomic E-state index is -0.330. The Morgan fingerprint density at radius 2 is 1.96 bits per heavy atom. The van der Waals surface area contributed by atoms with E-state index >= 15 is 0 Å². The van der Waals surface area contributed by atoms with Gasteiger partial charge in [-0.3, -0.25) is 9.59 Å². The number of ether oxygens (including phenoxy) is 1. The Kier molecular flexibility index (Phi) is 6.61. The van der Waals surface area contributed by atoms with E-state index in [9.17, 15) is 9.59 Å². The van der Waals surface area contributed by atoms with Crippen LogP contribution in [0.4, 0.5) is 0 Å². The number of carbonyl (C=O) groups excluding carboxylic acids is 2. The van der Waals surface area contributed by atoms with Crippen molar-refractivity contribution < 1.29 is 14.3 Å². The number of halogens is 1. The lowest BCUT2D eigenvalue weighted by molar-refractivity contribution is -0.120. The molecule has 0 aliphatic carbocycles. The van der Waals surface area contributed by atoms with Crippen molar-refractivity contribution in [2.24, 2.45) is 0 Å². The van der Waals surface area contributed by atoms with E-state index in [0.717, 1.165) is 8.66 Å². The fraction of sp³-hybridized carbons (Fsp3) is 0.250. The zero-order valence-corrected chi connectivity index (χ0v) is 15.0. The Hall–Kier alpha value is -1.86. The third kappa shape index (κ3) is 5.37. The Balaban J connectivity index is 1.83. The second-order valence-electron chi connectivity index (χ2n) is 4.59. The van der Waals surface area contributed by atoms with Gasteiger partial charge in [-0.15, -0.1) is 11.3 Å². The van der Waals surface area contributed by atoms with Crippen LogP contribution in [0.5, 0.6) is 5.75 Å². The van der Waals surface area contributed by atoms with Gasteiger partial charge in [0.05, 0.1) is 29.0 Å². The van der Waals surface area contributed by atoms with Gasteiger partial charge in [-0.05, 0) is 47.1 Å². The lowest BCUT2D eigenvalue weighted by Crippen LogP contribution is -2.36. The predicted octanol–water partition coefficient (Wildman–Crippen LogP) is 2.96. The van der Waals surface area contributed by atoms with Crippen molar-refractivity contribution in [3.63, 3.8) is 0 Å². The zero-order valence-electron chi connectivity index (χ0n) is 12.6. The molecule has 2 aromatic rings. The van der Waals surface area contributed by atoms with E-state index in [1.807, 2.05) is 19.1 Å². The average molecular weight is 397 g/mol. The van der Waals surface area contributed by atoms with E-state index < -0.39 is 0 Å². The molecule has 0 saturated carbocycles. The smallest absolute Gasteiger partial charge is 0.255 e. The van der Waals surface area contributed by atoms with Gasteiger partial charge in [-0.2, -0.15) is 0 Å². The molecule has 1 aromatic heterocycles. The van der Waals surface area contributed by atoms with Crippen LogP contribution >= 0.6 is 27.3 Å². The lowest BCUT2D eigenvalue weighted by Gasteiger charge is -2.10. The number of hydrogen-bond donors (Lipinski definition) is 2. The van der Waals surface area contributed by atoms with Crippen LogP contribution in [0.1, 0.15) is 22.2 Å². The molecule has 1 aromatic carbocycles. The molecule has 0 spiro atoms. The maximum absolute atomic E-state index is 12.1. The third-order valence-electron chi connectivity index (χ3n) is 2.93. The van der Waals surface area contributed by atoms with Gasteiger partial charge in [0.25, 0.3) is 5.91 Å². The van der Waals surface area contributed by atoms with E-state index in [1.165, 1.54) is 0 Å². The van der Waals surface area contributed by atoms with Crippen LogP contribution in [0.3, 0.4) is 0 Å². The molecule has 2 amide bonds. The molecule has 0 atom stereocenters. The van der Waals surface area contributed by atoms with E-state index in [4.69, 9.17) is 4.74 Å². The number of carbonyl (C=O) groups is 2. The van der Waals surface area contributed by atoms with Gasteiger partial charge in [0.1, 0.15) is 5.75 Å². The van der Waals surface area contributed by atoms with Crippen LogP contribution in [0.2, 0.25) is 0 Å². The van der Waals surface area contributed by atoms with Crippen molar-refractivity contribution in [3.8, 4) is 5.75 Å². The van der Waals surface area contributed by atoms with Gasteiger partial charge < -0.3 is 15.4 Å². The predicted molar refractivity (Wildman–Crippen MR) is 93.8 cm³/mol. The van der Waals surface area contributed by atoms with E-state index in [2.05, 4.69) is 26.6 Å². The summed E-state index contributed by atoms with van der Waals surface area (Å²) < 4.78 is 6.42. The molecular weight excluding hydrogens is 380 g/mol. The van der Waals surface area contributed by atoms with Crippen LogP contribution < -0.4 is 15.4 Å². The number of para-hydroxylation sites is 1. The summed E-state index contributed by atoms with van der Waals surface area (Å²) in [6, 6.07) is 10.8. The number of benzene rings is 1. The highest BCUT2D eigenvalue weighted by Crippen LogP contribution is 2.21. The Morgan fingerprint density at radius 3 is 2.65 bits per heavy atom. The molecule has 0 unspecified atom stereocenters. The summed E-state index contributed by atoms with van der Waals surface area (Å²) in [5, 5.41) is 5.37. The summed E-state index contributed by atoms with van der Waals surface area (Å²) in [6.07, 6.45) is 0. The van der Waals surface area contributed by atoms with Gasteiger partial charge in [0.15, 0.2) is 0 Å². The van der Waals surface area contributed by atoms with Crippen LogP contribution in [0.25, 0.3) is 0 Å². The highest BCUT2D eigenvalue weighted by molar-refractivity contribution is 9.11. The highest BCUT2D eigenvalue weighted by atomic mass is 79.9. The molecule has 5 nitrogen and oxygen atoms in total. The molecular formula is C16H17BrN2O3S. The molecule has 0 aliphatic heterocycles. The maximum Gasteiger partial charge on any atom is 0.255 e. The van der Waals surface area contributed by atoms with Crippen molar-refractivity contribution in [3.05, 3.63) is 50.6 Å². The van der Waals surface area contributed by atoms with Gasteiger partial charge in [-0.1, -0.05) is 12.1 Å². The monoisotopic (exact) mass is 396 g/mol. The van der Waals surface area contributed by atoms with Crippen LogP contribution in [-0.4, -0.2) is 25.0 Å². The molecule has 1 heterocycles. The number of nitrogens with one attached hydrogen (secondary N) is 2. The molecule has 7 heteroatoms. The molecule has 2 N–H and O–H groups in total. The topological polar surface area (TPSA) is 67.4 Å². The summed E-state index contributed by atoms with van der Waals surface area (Å²) in [5.41, 5.74) is 0.421. The fourth-order valence-corrected chi connectivity index (χ4v) is 3.31. The average Bonchev–Trinajstić information content (AvgIpc) is 2.97. The van der Waals surface area contributed by atoms with Gasteiger partial charge in [-0.25, -0.2) is 0 Å². The van der Waals surface area contributed by atoms with Gasteiger partial charge in [0, 0.05) is 4.88 Å². The molecule has 0 aliphatic rings. The highest BCUT2D eigenvalue weighted by Gasteiger charge is 2.13. The quantitative estimate of drug-likeness (QED) is 0.755. The standard InChI is InChI=1S/C16H17BrN2O3S/c1-2-22-13-6-4-3-5-12(13)16(21)19-10-15(20)18-9-11-7-8-14(17)23-11/h3-8H,2,9-10H2,1H3,(H,18,20)(H,19,21). The largest absolute Gasteiger partial charge is 0.493 e. The maximum atomic E-state index is 12.1. The minimum Gasteiger partial charge on any atom is -0.493 e. The second kappa shape index (κ2) is 8.69.